The van der Waals surface area contributed by atoms with Crippen molar-refractivity contribution in [1.29, 1.82) is 5.41 Å². The second-order valence-electron chi connectivity index (χ2n) is 4.95. The number of rotatable bonds is 2. The third kappa shape index (κ3) is 2.74. The lowest BCUT2D eigenvalue weighted by molar-refractivity contribution is 0.747. The van der Waals surface area contributed by atoms with Crippen molar-refractivity contribution in [3.8, 4) is 5.13 Å². The van der Waals surface area contributed by atoms with Crippen molar-refractivity contribution in [2.45, 2.75) is 13.8 Å². The monoisotopic (exact) mass is 318 g/mol. The second-order valence-corrected chi connectivity index (χ2v) is 6.93. The van der Waals surface area contributed by atoms with Crippen LogP contribution in [0, 0.1) is 11.3 Å². The standard InChI is InChI=1S/C14H14N4OS2/c1-8(2)6-11-17-18-12(15)10(7-9-4-3-5-20-9)13(19)16-14(18)21-11/h3-8,15,17H,1-2H3. The van der Waals surface area contributed by atoms with E-state index < -0.39 is 0 Å². The van der Waals surface area contributed by atoms with Crippen LogP contribution in [0.3, 0.4) is 0 Å². The predicted molar refractivity (Wildman–Crippen MR) is 85.5 cm³/mol. The Morgan fingerprint density at radius 2 is 2.29 bits per heavy atom. The van der Waals surface area contributed by atoms with Gasteiger partial charge in [0.15, 0.2) is 5.49 Å². The minimum atomic E-state index is -0.361. The molecule has 3 rings (SSSR count). The molecule has 0 unspecified atom stereocenters. The van der Waals surface area contributed by atoms with Crippen molar-refractivity contribution in [1.82, 2.24) is 14.8 Å². The molecule has 0 bridgehead atoms. The number of H-pyrrole nitrogens is 1. The third-order valence-electron chi connectivity index (χ3n) is 2.84. The van der Waals surface area contributed by atoms with Crippen LogP contribution >= 0.6 is 22.7 Å². The zero-order chi connectivity index (χ0) is 15.0. The molecule has 0 radical (unpaired) electrons. The van der Waals surface area contributed by atoms with Gasteiger partial charge in [0, 0.05) is 4.88 Å². The van der Waals surface area contributed by atoms with Crippen LogP contribution in [0.4, 0.5) is 0 Å². The maximum atomic E-state index is 12.1. The second kappa shape index (κ2) is 5.42. The zero-order valence-electron chi connectivity index (χ0n) is 11.6. The maximum Gasteiger partial charge on any atom is 0.283 e. The smallest absolute Gasteiger partial charge is 0.282 e. The molecule has 2 aliphatic heterocycles. The number of hydrogen-bond acceptors (Lipinski definition) is 5. The van der Waals surface area contributed by atoms with Gasteiger partial charge in [0.25, 0.3) is 5.56 Å². The summed E-state index contributed by atoms with van der Waals surface area (Å²) in [5, 5.41) is 14.1. The van der Waals surface area contributed by atoms with E-state index in [0.717, 1.165) is 9.54 Å². The SMILES string of the molecule is CC(C)C=c1[nH]n2c(=N)c(=Cc3cccs3)c(=O)nc-2s1. The van der Waals surface area contributed by atoms with Crippen LogP contribution in [-0.2, 0) is 0 Å². The topological polar surface area (TPSA) is 74.5 Å². The first-order valence-corrected chi connectivity index (χ1v) is 8.18. The quantitative estimate of drug-likeness (QED) is 0.735. The van der Waals surface area contributed by atoms with Gasteiger partial charge in [-0.3, -0.25) is 15.3 Å². The van der Waals surface area contributed by atoms with Gasteiger partial charge in [0.1, 0.15) is 4.66 Å². The zero-order valence-corrected chi connectivity index (χ0v) is 13.2. The lowest BCUT2D eigenvalue weighted by Gasteiger charge is -1.99. The molecule has 3 heterocycles. The Morgan fingerprint density at radius 1 is 1.48 bits per heavy atom. The van der Waals surface area contributed by atoms with Gasteiger partial charge >= 0.3 is 0 Å². The Bertz CT molecular complexity index is 960. The summed E-state index contributed by atoms with van der Waals surface area (Å²) in [5.74, 6) is 0.382. The van der Waals surface area contributed by atoms with Crippen LogP contribution in [0.15, 0.2) is 22.3 Å². The van der Waals surface area contributed by atoms with Gasteiger partial charge in [-0.2, -0.15) is 4.98 Å². The minimum Gasteiger partial charge on any atom is -0.282 e. The summed E-state index contributed by atoms with van der Waals surface area (Å²) in [5.41, 5.74) is -0.224. The molecule has 0 aromatic carbocycles. The van der Waals surface area contributed by atoms with E-state index in [1.54, 1.807) is 10.8 Å². The Labute approximate surface area is 128 Å². The van der Waals surface area contributed by atoms with Crippen LogP contribution in [0.25, 0.3) is 17.3 Å². The molecular formula is C14H14N4OS2. The summed E-state index contributed by atoms with van der Waals surface area (Å²) in [6.07, 6.45) is 3.76. The fourth-order valence-corrected chi connectivity index (χ4v) is 3.63. The summed E-state index contributed by atoms with van der Waals surface area (Å²) in [7, 11) is 0. The largest absolute Gasteiger partial charge is 0.283 e. The highest BCUT2D eigenvalue weighted by Crippen LogP contribution is 2.08. The highest BCUT2D eigenvalue weighted by molar-refractivity contribution is 7.11. The molecule has 108 valence electrons. The normalized spacial score (nSPS) is 13.7. The summed E-state index contributed by atoms with van der Waals surface area (Å²) in [4.78, 5) is 17.1. The van der Waals surface area contributed by atoms with Gasteiger partial charge in [0.05, 0.1) is 5.22 Å². The fraction of sp³-hybridized carbons (Fsp3) is 0.214. The summed E-state index contributed by atoms with van der Waals surface area (Å²) in [6, 6.07) is 3.82. The summed E-state index contributed by atoms with van der Waals surface area (Å²) < 4.78 is 2.46. The Kier molecular flexibility index (Phi) is 3.60. The highest BCUT2D eigenvalue weighted by Gasteiger charge is 2.10. The van der Waals surface area contributed by atoms with Crippen molar-refractivity contribution >= 4 is 34.8 Å². The Hall–Kier alpha value is -1.99. The van der Waals surface area contributed by atoms with Gasteiger partial charge in [-0.15, -0.1) is 11.3 Å². The van der Waals surface area contributed by atoms with E-state index >= 15 is 0 Å². The van der Waals surface area contributed by atoms with E-state index in [9.17, 15) is 4.79 Å². The van der Waals surface area contributed by atoms with E-state index in [1.807, 2.05) is 23.6 Å². The highest BCUT2D eigenvalue weighted by atomic mass is 32.1. The Balaban J connectivity index is 2.32. The van der Waals surface area contributed by atoms with Crippen molar-refractivity contribution < 1.29 is 0 Å². The van der Waals surface area contributed by atoms with Crippen LogP contribution in [0.1, 0.15) is 18.7 Å². The number of nitrogens with zero attached hydrogens (tertiary/aromatic N) is 2. The molecule has 0 saturated carbocycles. The molecule has 2 N–H and O–H groups in total. The first kappa shape index (κ1) is 14.0. The molecule has 5 nitrogen and oxygen atoms in total. The lowest BCUT2D eigenvalue weighted by atomic mass is 10.2. The number of thiophene rings is 1. The molecule has 2 aliphatic rings. The maximum absolute atomic E-state index is 12.1. The Morgan fingerprint density at radius 3 is 2.95 bits per heavy atom. The van der Waals surface area contributed by atoms with Gasteiger partial charge in [-0.25, -0.2) is 4.68 Å². The van der Waals surface area contributed by atoms with Gasteiger partial charge in [0.2, 0.25) is 5.13 Å². The van der Waals surface area contributed by atoms with Gasteiger partial charge in [-0.05, 0) is 29.5 Å². The van der Waals surface area contributed by atoms with Crippen molar-refractivity contribution in [3.63, 3.8) is 0 Å². The van der Waals surface area contributed by atoms with E-state index in [-0.39, 0.29) is 11.0 Å². The molecule has 0 saturated heterocycles. The fourth-order valence-electron chi connectivity index (χ4n) is 1.94. The van der Waals surface area contributed by atoms with E-state index in [1.165, 1.54) is 22.7 Å². The molecule has 0 fully saturated rings. The number of hydrogen-bond donors (Lipinski definition) is 2. The molecule has 0 spiro atoms. The number of nitrogens with one attached hydrogen (secondary N) is 2. The molecule has 0 atom stereocenters. The van der Waals surface area contributed by atoms with Gasteiger partial charge < -0.3 is 0 Å². The summed E-state index contributed by atoms with van der Waals surface area (Å²) in [6.45, 7) is 4.15. The van der Waals surface area contributed by atoms with E-state index in [2.05, 4.69) is 23.9 Å². The van der Waals surface area contributed by atoms with Crippen LogP contribution in [0.2, 0.25) is 0 Å². The first-order chi connectivity index (χ1) is 10.0. The van der Waals surface area contributed by atoms with Crippen LogP contribution < -0.4 is 20.9 Å². The molecule has 1 aromatic heterocycles. The number of fused-ring (bicyclic) bond motifs is 1. The summed E-state index contributed by atoms with van der Waals surface area (Å²) >= 11 is 2.91. The first-order valence-electron chi connectivity index (χ1n) is 6.48. The minimum absolute atomic E-state index is 0.137. The average molecular weight is 318 g/mol. The number of aromatic nitrogens is 3. The number of aromatic amines is 1. The molecule has 7 heteroatoms. The lowest BCUT2D eigenvalue weighted by Crippen LogP contribution is -2.47. The van der Waals surface area contributed by atoms with E-state index in [0.29, 0.717) is 16.3 Å². The predicted octanol–water partition coefficient (Wildman–Crippen LogP) is 0.866. The van der Waals surface area contributed by atoms with Crippen LogP contribution in [0.5, 0.6) is 0 Å². The van der Waals surface area contributed by atoms with Gasteiger partial charge in [-0.1, -0.05) is 31.3 Å². The van der Waals surface area contributed by atoms with Crippen LogP contribution in [-0.4, -0.2) is 14.8 Å². The molecule has 1 aromatic rings. The molecular weight excluding hydrogens is 304 g/mol. The van der Waals surface area contributed by atoms with E-state index in [4.69, 9.17) is 5.41 Å². The molecule has 21 heavy (non-hydrogen) atoms. The van der Waals surface area contributed by atoms with Crippen molar-refractivity contribution in [2.24, 2.45) is 5.92 Å². The average Bonchev–Trinajstić information content (AvgIpc) is 3.03. The van der Waals surface area contributed by atoms with Crippen molar-refractivity contribution in [3.05, 3.63) is 48.1 Å². The molecule has 0 aliphatic carbocycles. The molecule has 0 amide bonds. The third-order valence-corrected chi connectivity index (χ3v) is 4.56. The van der Waals surface area contributed by atoms with Crippen molar-refractivity contribution in [2.75, 3.05) is 0 Å².